The first-order chi connectivity index (χ1) is 8.22. The van der Waals surface area contributed by atoms with Gasteiger partial charge in [0.15, 0.2) is 0 Å². The van der Waals surface area contributed by atoms with Crippen molar-refractivity contribution in [3.05, 3.63) is 30.5 Å². The maximum atomic E-state index is 5.72. The van der Waals surface area contributed by atoms with Crippen molar-refractivity contribution in [2.45, 2.75) is 39.3 Å². The second kappa shape index (κ2) is 4.10. The Hall–Kier alpha value is -1.44. The molecule has 1 saturated carbocycles. The van der Waals surface area contributed by atoms with Crippen LogP contribution in [0.15, 0.2) is 30.5 Å². The Bertz CT molecular complexity index is 523. The molecule has 2 nitrogen and oxygen atoms in total. The summed E-state index contributed by atoms with van der Waals surface area (Å²) in [7, 11) is 0. The molecule has 0 unspecified atom stereocenters. The topological polar surface area (TPSA) is 14.2 Å². The summed E-state index contributed by atoms with van der Waals surface area (Å²) in [6.45, 7) is 5.29. The number of hydrogen-bond donors (Lipinski definition) is 0. The van der Waals surface area contributed by atoms with Crippen molar-refractivity contribution in [1.82, 2.24) is 4.57 Å². The highest BCUT2D eigenvalue weighted by atomic mass is 16.5. The van der Waals surface area contributed by atoms with Crippen LogP contribution >= 0.6 is 0 Å². The van der Waals surface area contributed by atoms with Gasteiger partial charge in [-0.25, -0.2) is 0 Å². The molecule has 0 atom stereocenters. The van der Waals surface area contributed by atoms with E-state index in [1.54, 1.807) is 0 Å². The van der Waals surface area contributed by atoms with E-state index in [1.165, 1.54) is 30.3 Å². The number of benzene rings is 1. The fraction of sp³-hybridized carbons (Fsp3) is 0.467. The standard InChI is InChI=1S/C15H19NO/c1-11(2)17-14-5-6-15-13(9-14)7-8-16(15)10-12-3-4-12/h5-9,11-12H,3-4,10H2,1-2H3. The molecule has 0 bridgehead atoms. The zero-order valence-corrected chi connectivity index (χ0v) is 10.5. The number of hydrogen-bond acceptors (Lipinski definition) is 1. The van der Waals surface area contributed by atoms with E-state index in [4.69, 9.17) is 4.74 Å². The van der Waals surface area contributed by atoms with Gasteiger partial charge in [0.2, 0.25) is 0 Å². The lowest BCUT2D eigenvalue weighted by molar-refractivity contribution is 0.243. The van der Waals surface area contributed by atoms with Crippen molar-refractivity contribution in [3.63, 3.8) is 0 Å². The molecule has 17 heavy (non-hydrogen) atoms. The molecule has 1 fully saturated rings. The first-order valence-electron chi connectivity index (χ1n) is 6.48. The van der Waals surface area contributed by atoms with Crippen molar-refractivity contribution in [1.29, 1.82) is 0 Å². The van der Waals surface area contributed by atoms with Gasteiger partial charge in [-0.05, 0) is 56.9 Å². The third kappa shape index (κ3) is 2.31. The van der Waals surface area contributed by atoms with Crippen LogP contribution in [0.2, 0.25) is 0 Å². The molecule has 1 aromatic carbocycles. The molecule has 0 saturated heterocycles. The van der Waals surface area contributed by atoms with Crippen LogP contribution < -0.4 is 4.74 Å². The Morgan fingerprint density at radius 2 is 2.12 bits per heavy atom. The zero-order chi connectivity index (χ0) is 11.8. The minimum Gasteiger partial charge on any atom is -0.491 e. The highest BCUT2D eigenvalue weighted by Crippen LogP contribution is 2.32. The Labute approximate surface area is 102 Å². The first-order valence-corrected chi connectivity index (χ1v) is 6.48. The van der Waals surface area contributed by atoms with Crippen molar-refractivity contribution < 1.29 is 4.74 Å². The molecule has 0 aliphatic heterocycles. The normalized spacial score (nSPS) is 15.7. The highest BCUT2D eigenvalue weighted by molar-refractivity contribution is 5.81. The van der Waals surface area contributed by atoms with Gasteiger partial charge in [-0.15, -0.1) is 0 Å². The number of ether oxygens (including phenoxy) is 1. The smallest absolute Gasteiger partial charge is 0.120 e. The molecule has 2 heteroatoms. The number of rotatable bonds is 4. The van der Waals surface area contributed by atoms with Gasteiger partial charge < -0.3 is 9.30 Å². The highest BCUT2D eigenvalue weighted by Gasteiger charge is 2.22. The van der Waals surface area contributed by atoms with Gasteiger partial charge in [-0.1, -0.05) is 0 Å². The fourth-order valence-corrected chi connectivity index (χ4v) is 2.26. The third-order valence-corrected chi connectivity index (χ3v) is 3.27. The van der Waals surface area contributed by atoms with Crippen LogP contribution in [0, 0.1) is 5.92 Å². The predicted molar refractivity (Wildman–Crippen MR) is 70.4 cm³/mol. The minimum absolute atomic E-state index is 0.237. The molecule has 2 aromatic rings. The van der Waals surface area contributed by atoms with Crippen molar-refractivity contribution >= 4 is 10.9 Å². The van der Waals surface area contributed by atoms with E-state index in [1.807, 2.05) is 0 Å². The van der Waals surface area contributed by atoms with Crippen LogP contribution in [0.4, 0.5) is 0 Å². The van der Waals surface area contributed by atoms with Gasteiger partial charge in [-0.3, -0.25) is 0 Å². The van der Waals surface area contributed by atoms with E-state index in [0.717, 1.165) is 11.7 Å². The molecule has 1 heterocycles. The fourth-order valence-electron chi connectivity index (χ4n) is 2.26. The second-order valence-electron chi connectivity index (χ2n) is 5.30. The van der Waals surface area contributed by atoms with Gasteiger partial charge in [0, 0.05) is 23.6 Å². The van der Waals surface area contributed by atoms with Crippen molar-refractivity contribution in [2.75, 3.05) is 0 Å². The molecule has 1 aromatic heterocycles. The Balaban J connectivity index is 1.89. The van der Waals surface area contributed by atoms with Crippen LogP contribution in [0.25, 0.3) is 10.9 Å². The molecule has 90 valence electrons. The average molecular weight is 229 g/mol. The van der Waals surface area contributed by atoms with Crippen molar-refractivity contribution in [3.8, 4) is 5.75 Å². The van der Waals surface area contributed by atoms with Crippen LogP contribution in [-0.2, 0) is 6.54 Å². The monoisotopic (exact) mass is 229 g/mol. The average Bonchev–Trinajstić information content (AvgIpc) is 3.00. The van der Waals surface area contributed by atoms with E-state index in [0.29, 0.717) is 0 Å². The Morgan fingerprint density at radius 1 is 1.29 bits per heavy atom. The quantitative estimate of drug-likeness (QED) is 0.777. The number of nitrogens with zero attached hydrogens (tertiary/aromatic N) is 1. The summed E-state index contributed by atoms with van der Waals surface area (Å²) in [5, 5.41) is 1.28. The second-order valence-corrected chi connectivity index (χ2v) is 5.30. The number of fused-ring (bicyclic) bond motifs is 1. The van der Waals surface area contributed by atoms with Gasteiger partial charge in [0.25, 0.3) is 0 Å². The van der Waals surface area contributed by atoms with Gasteiger partial charge >= 0.3 is 0 Å². The molecule has 1 aliphatic rings. The Kier molecular flexibility index (Phi) is 2.58. The summed E-state index contributed by atoms with van der Waals surface area (Å²) >= 11 is 0. The van der Waals surface area contributed by atoms with Gasteiger partial charge in [0.1, 0.15) is 5.75 Å². The summed E-state index contributed by atoms with van der Waals surface area (Å²) in [4.78, 5) is 0. The molecular weight excluding hydrogens is 210 g/mol. The van der Waals surface area contributed by atoms with Crippen LogP contribution in [0.3, 0.4) is 0 Å². The molecule has 0 amide bonds. The van der Waals surface area contributed by atoms with Crippen LogP contribution in [0.5, 0.6) is 5.75 Å². The predicted octanol–water partition coefficient (Wildman–Crippen LogP) is 3.84. The van der Waals surface area contributed by atoms with Gasteiger partial charge in [-0.2, -0.15) is 0 Å². The van der Waals surface area contributed by atoms with E-state index in [2.05, 4.69) is 48.9 Å². The van der Waals surface area contributed by atoms with Crippen LogP contribution in [0.1, 0.15) is 26.7 Å². The largest absolute Gasteiger partial charge is 0.491 e. The Morgan fingerprint density at radius 3 is 2.82 bits per heavy atom. The SMILES string of the molecule is CC(C)Oc1ccc2c(ccn2CC2CC2)c1. The van der Waals surface area contributed by atoms with Gasteiger partial charge in [0.05, 0.1) is 6.10 Å². The van der Waals surface area contributed by atoms with E-state index in [9.17, 15) is 0 Å². The zero-order valence-electron chi connectivity index (χ0n) is 10.5. The van der Waals surface area contributed by atoms with E-state index in [-0.39, 0.29) is 6.10 Å². The minimum atomic E-state index is 0.237. The lowest BCUT2D eigenvalue weighted by Gasteiger charge is -2.10. The summed E-state index contributed by atoms with van der Waals surface area (Å²) in [6, 6.07) is 8.57. The van der Waals surface area contributed by atoms with E-state index >= 15 is 0 Å². The number of aromatic nitrogens is 1. The molecule has 0 spiro atoms. The van der Waals surface area contributed by atoms with E-state index < -0.39 is 0 Å². The lowest BCUT2D eigenvalue weighted by atomic mass is 10.2. The molecule has 3 rings (SSSR count). The summed E-state index contributed by atoms with van der Waals surface area (Å²) in [6.07, 6.45) is 5.23. The van der Waals surface area contributed by atoms with Crippen LogP contribution in [-0.4, -0.2) is 10.7 Å². The maximum Gasteiger partial charge on any atom is 0.120 e. The lowest BCUT2D eigenvalue weighted by Crippen LogP contribution is -2.05. The summed E-state index contributed by atoms with van der Waals surface area (Å²) < 4.78 is 8.08. The summed E-state index contributed by atoms with van der Waals surface area (Å²) in [5.74, 6) is 1.88. The summed E-state index contributed by atoms with van der Waals surface area (Å²) in [5.41, 5.74) is 1.33. The van der Waals surface area contributed by atoms with Crippen molar-refractivity contribution in [2.24, 2.45) is 5.92 Å². The molecular formula is C15H19NO. The molecule has 1 aliphatic carbocycles. The maximum absolute atomic E-state index is 5.72. The third-order valence-electron chi connectivity index (χ3n) is 3.27. The molecule has 0 radical (unpaired) electrons. The first kappa shape index (κ1) is 10.7. The molecule has 0 N–H and O–H groups in total.